The van der Waals surface area contributed by atoms with Gasteiger partial charge in [0.1, 0.15) is 5.65 Å². The molecule has 5 rings (SSSR count). The number of hydrogen-bond acceptors (Lipinski definition) is 6. The minimum Gasteiger partial charge on any atom is -0.593 e. The van der Waals surface area contributed by atoms with E-state index < -0.39 is 17.2 Å². The monoisotopic (exact) mass is 499 g/mol. The van der Waals surface area contributed by atoms with Crippen LogP contribution in [0.1, 0.15) is 57.9 Å². The average molecular weight is 500 g/mol. The minimum atomic E-state index is -1.54. The van der Waals surface area contributed by atoms with Crippen LogP contribution in [0.2, 0.25) is 0 Å². The lowest BCUT2D eigenvalue weighted by Crippen LogP contribution is -2.40. The largest absolute Gasteiger partial charge is 0.593 e. The number of aromatic nitrogens is 3. The van der Waals surface area contributed by atoms with Crippen molar-refractivity contribution in [2.75, 3.05) is 38.2 Å². The molecule has 1 aliphatic carbocycles. The van der Waals surface area contributed by atoms with E-state index in [9.17, 15) is 4.55 Å². The third kappa shape index (κ3) is 5.33. The predicted molar refractivity (Wildman–Crippen MR) is 137 cm³/mol. The molecule has 2 aliphatic rings. The van der Waals surface area contributed by atoms with Gasteiger partial charge >= 0.3 is 0 Å². The molecule has 188 valence electrons. The first-order chi connectivity index (χ1) is 17.2. The summed E-state index contributed by atoms with van der Waals surface area (Å²) in [7, 11) is 0. The third-order valence-electron chi connectivity index (χ3n) is 6.99. The highest BCUT2D eigenvalue weighted by atomic mass is 32.2. The second kappa shape index (κ2) is 11.2. The van der Waals surface area contributed by atoms with E-state index in [1.807, 2.05) is 12.3 Å². The van der Waals surface area contributed by atoms with Crippen molar-refractivity contribution < 1.29 is 13.7 Å². The normalized spacial score (nSPS) is 18.7. The van der Waals surface area contributed by atoms with Crippen LogP contribution >= 0.6 is 0 Å². The molecule has 2 fully saturated rings. The van der Waals surface area contributed by atoms with Gasteiger partial charge in [-0.25, -0.2) is 9.37 Å². The van der Waals surface area contributed by atoms with Crippen LogP contribution in [0.4, 0.5) is 10.3 Å². The van der Waals surface area contributed by atoms with Crippen LogP contribution in [0.5, 0.6) is 0 Å². The lowest BCUT2D eigenvalue weighted by atomic mass is 9.95. The van der Waals surface area contributed by atoms with Crippen molar-refractivity contribution in [2.45, 2.75) is 62.8 Å². The van der Waals surface area contributed by atoms with Crippen molar-refractivity contribution in [3.05, 3.63) is 36.4 Å². The number of nitrogens with zero attached hydrogens (tertiary/aromatic N) is 4. The molecule has 1 atom stereocenters. The summed E-state index contributed by atoms with van der Waals surface area (Å²) in [5.74, 6) is 0.180. The first-order valence-corrected chi connectivity index (χ1v) is 13.9. The molecule has 1 saturated heterocycles. The number of benzene rings is 1. The quantitative estimate of drug-likeness (QED) is 0.334. The molecule has 2 aromatic heterocycles. The molecular weight excluding hydrogens is 465 g/mol. The molecule has 1 aliphatic heterocycles. The van der Waals surface area contributed by atoms with E-state index in [-0.39, 0.29) is 4.90 Å². The van der Waals surface area contributed by atoms with Crippen LogP contribution in [-0.4, -0.2) is 56.2 Å². The fraction of sp³-hybridized carbons (Fsp3) is 0.538. The number of fused-ring (bicyclic) bond motifs is 1. The van der Waals surface area contributed by atoms with Gasteiger partial charge in [0.05, 0.1) is 37.7 Å². The zero-order chi connectivity index (χ0) is 24.2. The third-order valence-corrected chi connectivity index (χ3v) is 8.53. The lowest BCUT2D eigenvalue weighted by Gasteiger charge is -2.27. The summed E-state index contributed by atoms with van der Waals surface area (Å²) in [5, 5.41) is 4.25. The van der Waals surface area contributed by atoms with Crippen LogP contribution in [0.15, 0.2) is 35.5 Å². The van der Waals surface area contributed by atoms with Gasteiger partial charge in [0.25, 0.3) is 0 Å². The Morgan fingerprint density at radius 2 is 2.00 bits per heavy atom. The highest BCUT2D eigenvalue weighted by molar-refractivity contribution is 7.89. The zero-order valence-corrected chi connectivity index (χ0v) is 21.2. The SMILES string of the molecule is CCCCNc1ncc2c(-c3ccc([S+]([O-])N4CCOCC4)c(F)c3)cn(C3CCCCC3)c2n1. The molecular formula is C26H34FN5O2S. The molecule has 0 radical (unpaired) electrons. The van der Waals surface area contributed by atoms with E-state index in [1.165, 1.54) is 25.3 Å². The molecule has 1 aromatic carbocycles. The van der Waals surface area contributed by atoms with Gasteiger partial charge in [0, 0.05) is 35.9 Å². The summed E-state index contributed by atoms with van der Waals surface area (Å²) < 4.78 is 37.6. The van der Waals surface area contributed by atoms with Crippen molar-refractivity contribution in [1.29, 1.82) is 0 Å². The second-order valence-corrected chi connectivity index (χ2v) is 10.8. The number of halogens is 1. The van der Waals surface area contributed by atoms with Crippen LogP contribution in [0.3, 0.4) is 0 Å². The molecule has 1 unspecified atom stereocenters. The standard InChI is InChI=1S/C26H34FN5O2S/c1-2-3-11-28-26-29-17-21-22(18-32(25(21)30-26)20-7-5-4-6-8-20)19-9-10-24(23(27)16-19)35(33)31-12-14-34-15-13-31/h9-10,16-18,20H,2-8,11-15H2,1H3,(H,28,29,30). The molecule has 1 N–H and O–H groups in total. The Morgan fingerprint density at radius 1 is 1.20 bits per heavy atom. The van der Waals surface area contributed by atoms with Gasteiger partial charge in [-0.3, -0.25) is 0 Å². The number of nitrogens with one attached hydrogen (secondary N) is 1. The summed E-state index contributed by atoms with van der Waals surface area (Å²) in [5.41, 5.74) is 2.55. The number of hydrogen-bond donors (Lipinski definition) is 1. The number of morpholine rings is 1. The van der Waals surface area contributed by atoms with E-state index in [2.05, 4.69) is 28.0 Å². The number of ether oxygens (including phenoxy) is 1. The van der Waals surface area contributed by atoms with Gasteiger partial charge in [0.15, 0.2) is 5.82 Å². The zero-order valence-electron chi connectivity index (χ0n) is 20.3. The van der Waals surface area contributed by atoms with E-state index >= 15 is 4.39 Å². The van der Waals surface area contributed by atoms with Gasteiger partial charge in [-0.1, -0.05) is 32.6 Å². The van der Waals surface area contributed by atoms with Gasteiger partial charge in [-0.2, -0.15) is 4.98 Å². The molecule has 1 saturated carbocycles. The van der Waals surface area contributed by atoms with E-state index in [1.54, 1.807) is 10.4 Å². The van der Waals surface area contributed by atoms with Crippen molar-refractivity contribution >= 4 is 28.3 Å². The highest BCUT2D eigenvalue weighted by Gasteiger charge is 2.28. The topological polar surface area (TPSA) is 78.3 Å². The number of rotatable bonds is 8. The summed E-state index contributed by atoms with van der Waals surface area (Å²) >= 11 is -1.54. The van der Waals surface area contributed by atoms with E-state index in [0.29, 0.717) is 38.3 Å². The van der Waals surface area contributed by atoms with Crippen LogP contribution in [0.25, 0.3) is 22.2 Å². The van der Waals surface area contributed by atoms with Crippen LogP contribution < -0.4 is 5.32 Å². The first-order valence-electron chi connectivity index (χ1n) is 12.8. The fourth-order valence-electron chi connectivity index (χ4n) is 5.02. The lowest BCUT2D eigenvalue weighted by molar-refractivity contribution is 0.0729. The molecule has 9 heteroatoms. The maximum atomic E-state index is 15.2. The predicted octanol–water partition coefficient (Wildman–Crippen LogP) is 5.31. The Labute approximate surface area is 209 Å². The van der Waals surface area contributed by atoms with Crippen molar-refractivity contribution in [1.82, 2.24) is 18.8 Å². The summed E-state index contributed by atoms with van der Waals surface area (Å²) in [6.07, 6.45) is 12.1. The van der Waals surface area contributed by atoms with E-state index in [4.69, 9.17) is 9.72 Å². The maximum absolute atomic E-state index is 15.2. The fourth-order valence-corrected chi connectivity index (χ4v) is 6.19. The summed E-state index contributed by atoms with van der Waals surface area (Å²) in [6, 6.07) is 5.41. The minimum absolute atomic E-state index is 0.213. The van der Waals surface area contributed by atoms with Gasteiger partial charge in [-0.05, 0) is 43.0 Å². The second-order valence-electron chi connectivity index (χ2n) is 9.39. The van der Waals surface area contributed by atoms with Gasteiger partial charge in [0.2, 0.25) is 10.8 Å². The first kappa shape index (κ1) is 24.5. The number of unbranched alkanes of at least 4 members (excludes halogenated alkanes) is 1. The Bertz CT molecular complexity index is 1140. The van der Waals surface area contributed by atoms with Crippen LogP contribution in [-0.2, 0) is 16.1 Å². The van der Waals surface area contributed by atoms with E-state index in [0.717, 1.165) is 54.4 Å². The molecule has 0 amide bonds. The molecule has 35 heavy (non-hydrogen) atoms. The average Bonchev–Trinajstić information content (AvgIpc) is 3.28. The Balaban J connectivity index is 1.49. The van der Waals surface area contributed by atoms with Crippen LogP contribution in [0, 0.1) is 5.82 Å². The smallest absolute Gasteiger partial charge is 0.224 e. The van der Waals surface area contributed by atoms with Crippen molar-refractivity contribution in [3.63, 3.8) is 0 Å². The maximum Gasteiger partial charge on any atom is 0.224 e. The molecule has 0 spiro atoms. The Kier molecular flexibility index (Phi) is 7.87. The highest BCUT2D eigenvalue weighted by Crippen LogP contribution is 2.37. The summed E-state index contributed by atoms with van der Waals surface area (Å²) in [4.78, 5) is 9.65. The van der Waals surface area contributed by atoms with Gasteiger partial charge in [-0.15, -0.1) is 4.31 Å². The molecule has 7 nitrogen and oxygen atoms in total. The van der Waals surface area contributed by atoms with Crippen molar-refractivity contribution in [3.8, 4) is 11.1 Å². The molecule has 0 bridgehead atoms. The molecule has 3 aromatic rings. The Hall–Kier alpha value is -2.20. The Morgan fingerprint density at radius 3 is 2.74 bits per heavy atom. The molecule has 3 heterocycles. The summed E-state index contributed by atoms with van der Waals surface area (Å²) in [6.45, 7) is 5.10. The van der Waals surface area contributed by atoms with Gasteiger partial charge < -0.3 is 19.2 Å². The number of anilines is 1. The van der Waals surface area contributed by atoms with Crippen molar-refractivity contribution in [2.24, 2.45) is 0 Å².